The number of nitrogens with two attached hydrogens (primary N) is 3. The number of anilines is 2. The number of rotatable bonds is 2. The second kappa shape index (κ2) is 2.91. The first kappa shape index (κ1) is 8.35. The van der Waals surface area contributed by atoms with E-state index in [1.165, 1.54) is 4.68 Å². The molecular formula is C6H10N8. The molecule has 8 heteroatoms. The molecule has 0 bridgehead atoms. The number of nitrogens with zero attached hydrogens (tertiary/aromatic N) is 5. The van der Waals surface area contributed by atoms with Crippen molar-refractivity contribution in [2.75, 3.05) is 17.3 Å². The van der Waals surface area contributed by atoms with Crippen molar-refractivity contribution in [3.05, 3.63) is 18.2 Å². The molecule has 14 heavy (non-hydrogen) atoms. The molecular weight excluding hydrogens is 184 g/mol. The molecule has 6 N–H and O–H groups in total. The van der Waals surface area contributed by atoms with Gasteiger partial charge in [-0.1, -0.05) is 0 Å². The van der Waals surface area contributed by atoms with Crippen molar-refractivity contribution >= 4 is 11.6 Å². The highest BCUT2D eigenvalue weighted by Crippen LogP contribution is 2.03. The molecule has 8 nitrogen and oxygen atoms in total. The van der Waals surface area contributed by atoms with Crippen LogP contribution in [0.5, 0.6) is 0 Å². The first-order valence-corrected chi connectivity index (χ1v) is 3.89. The van der Waals surface area contributed by atoms with Crippen molar-refractivity contribution in [3.8, 4) is 0 Å². The summed E-state index contributed by atoms with van der Waals surface area (Å²) in [5, 5.41) is 11.4. The van der Waals surface area contributed by atoms with E-state index in [0.717, 1.165) is 0 Å². The number of hydrogen-bond acceptors (Lipinski definition) is 6. The summed E-state index contributed by atoms with van der Waals surface area (Å²) in [5.74, 6) is 6.24. The van der Waals surface area contributed by atoms with E-state index in [-0.39, 0.29) is 5.95 Å². The van der Waals surface area contributed by atoms with Gasteiger partial charge in [0.15, 0.2) is 5.82 Å². The summed E-state index contributed by atoms with van der Waals surface area (Å²) in [7, 11) is 0. The molecule has 2 heterocycles. The maximum absolute atomic E-state index is 5.55. The predicted octanol–water partition coefficient (Wildman–Crippen LogP) is -1.60. The van der Waals surface area contributed by atoms with Gasteiger partial charge in [0.2, 0.25) is 5.95 Å². The molecule has 0 aliphatic heterocycles. The van der Waals surface area contributed by atoms with Crippen LogP contribution in [0.4, 0.5) is 11.6 Å². The maximum Gasteiger partial charge on any atom is 0.240 e. The van der Waals surface area contributed by atoms with E-state index >= 15 is 0 Å². The number of aromatic nitrogens is 5. The van der Waals surface area contributed by atoms with Gasteiger partial charge >= 0.3 is 0 Å². The lowest BCUT2D eigenvalue weighted by molar-refractivity contribution is 0.639. The third kappa shape index (κ3) is 1.32. The van der Waals surface area contributed by atoms with Gasteiger partial charge in [0.1, 0.15) is 6.54 Å². The van der Waals surface area contributed by atoms with Gasteiger partial charge in [-0.05, 0) is 0 Å². The zero-order valence-electron chi connectivity index (χ0n) is 7.33. The average molecular weight is 194 g/mol. The highest BCUT2D eigenvalue weighted by Gasteiger charge is 2.07. The van der Waals surface area contributed by atoms with Gasteiger partial charge in [-0.25, -0.2) is 4.68 Å². The highest BCUT2D eigenvalue weighted by molar-refractivity contribution is 5.30. The molecule has 0 saturated heterocycles. The van der Waals surface area contributed by atoms with Crippen LogP contribution in [0, 0.1) is 0 Å². The minimum Gasteiger partial charge on any atom is -0.396 e. The number of nitrogen functional groups attached to an aromatic ring is 3. The Bertz CT molecular complexity index is 440. The third-order valence-corrected chi connectivity index (χ3v) is 1.75. The summed E-state index contributed by atoms with van der Waals surface area (Å²) in [4.78, 5) is 0. The van der Waals surface area contributed by atoms with E-state index < -0.39 is 0 Å². The Morgan fingerprint density at radius 3 is 2.57 bits per heavy atom. The second-order valence-corrected chi connectivity index (χ2v) is 2.82. The molecule has 0 unspecified atom stereocenters. The molecule has 2 rings (SSSR count). The van der Waals surface area contributed by atoms with Crippen LogP contribution in [0.3, 0.4) is 0 Å². The highest BCUT2D eigenvalue weighted by atomic mass is 15.5. The SMILES string of the molecule is Nc1cnn(Cc2nnc(N)n2N)c1. The molecule has 0 aromatic carbocycles. The van der Waals surface area contributed by atoms with Crippen molar-refractivity contribution in [1.82, 2.24) is 24.7 Å². The molecule has 0 atom stereocenters. The molecule has 2 aromatic rings. The smallest absolute Gasteiger partial charge is 0.240 e. The zero-order chi connectivity index (χ0) is 10.1. The number of hydrogen-bond donors (Lipinski definition) is 3. The molecule has 0 aliphatic carbocycles. The van der Waals surface area contributed by atoms with Gasteiger partial charge < -0.3 is 17.3 Å². The fraction of sp³-hybridized carbons (Fsp3) is 0.167. The minimum atomic E-state index is 0.167. The first-order chi connectivity index (χ1) is 6.66. The third-order valence-electron chi connectivity index (χ3n) is 1.75. The summed E-state index contributed by atoms with van der Waals surface area (Å²) < 4.78 is 2.81. The van der Waals surface area contributed by atoms with E-state index in [2.05, 4.69) is 15.3 Å². The van der Waals surface area contributed by atoms with E-state index in [1.807, 2.05) is 0 Å². The molecule has 0 aliphatic rings. The second-order valence-electron chi connectivity index (χ2n) is 2.82. The Morgan fingerprint density at radius 2 is 2.07 bits per heavy atom. The summed E-state index contributed by atoms with van der Waals surface area (Å²) in [6.45, 7) is 0.387. The van der Waals surface area contributed by atoms with Gasteiger partial charge in [-0.2, -0.15) is 5.10 Å². The van der Waals surface area contributed by atoms with Gasteiger partial charge in [0.25, 0.3) is 0 Å². The fourth-order valence-electron chi connectivity index (χ4n) is 1.06. The first-order valence-electron chi connectivity index (χ1n) is 3.89. The summed E-state index contributed by atoms with van der Waals surface area (Å²) in [6.07, 6.45) is 3.21. The molecule has 0 radical (unpaired) electrons. The quantitative estimate of drug-likeness (QED) is 0.494. The van der Waals surface area contributed by atoms with Crippen molar-refractivity contribution in [3.63, 3.8) is 0 Å². The Labute approximate surface area is 79.3 Å². The monoisotopic (exact) mass is 194 g/mol. The Morgan fingerprint density at radius 1 is 1.29 bits per heavy atom. The van der Waals surface area contributed by atoms with Crippen LogP contribution < -0.4 is 17.3 Å². The van der Waals surface area contributed by atoms with Crippen LogP contribution in [0.25, 0.3) is 0 Å². The molecule has 0 fully saturated rings. The molecule has 0 saturated carbocycles. The average Bonchev–Trinajstić information content (AvgIpc) is 2.67. The lowest BCUT2D eigenvalue weighted by Gasteiger charge is -2.00. The van der Waals surface area contributed by atoms with E-state index in [1.54, 1.807) is 17.1 Å². The summed E-state index contributed by atoms with van der Waals surface area (Å²) in [6, 6.07) is 0. The Hall–Kier alpha value is -2.25. The van der Waals surface area contributed by atoms with Crippen LogP contribution in [-0.2, 0) is 6.54 Å². The normalized spacial score (nSPS) is 10.6. The van der Waals surface area contributed by atoms with Crippen LogP contribution in [0.1, 0.15) is 5.82 Å². The maximum atomic E-state index is 5.55. The van der Waals surface area contributed by atoms with Crippen molar-refractivity contribution in [2.45, 2.75) is 6.54 Å². The zero-order valence-corrected chi connectivity index (χ0v) is 7.33. The lowest BCUT2D eigenvalue weighted by atomic mass is 10.6. The van der Waals surface area contributed by atoms with Gasteiger partial charge in [-0.15, -0.1) is 10.2 Å². The lowest BCUT2D eigenvalue weighted by Crippen LogP contribution is -2.17. The molecule has 0 spiro atoms. The van der Waals surface area contributed by atoms with E-state index in [4.69, 9.17) is 17.3 Å². The van der Waals surface area contributed by atoms with Gasteiger partial charge in [0.05, 0.1) is 11.9 Å². The molecule has 74 valence electrons. The van der Waals surface area contributed by atoms with Crippen LogP contribution >= 0.6 is 0 Å². The fourth-order valence-corrected chi connectivity index (χ4v) is 1.06. The summed E-state index contributed by atoms with van der Waals surface area (Å²) >= 11 is 0. The van der Waals surface area contributed by atoms with Crippen molar-refractivity contribution < 1.29 is 0 Å². The Balaban J connectivity index is 2.22. The van der Waals surface area contributed by atoms with Crippen LogP contribution in [0.2, 0.25) is 0 Å². The Kier molecular flexibility index (Phi) is 1.73. The van der Waals surface area contributed by atoms with Gasteiger partial charge in [-0.3, -0.25) is 4.68 Å². The predicted molar refractivity (Wildman–Crippen MR) is 50.3 cm³/mol. The molecule has 0 amide bonds. The summed E-state index contributed by atoms with van der Waals surface area (Å²) in [5.41, 5.74) is 11.5. The largest absolute Gasteiger partial charge is 0.396 e. The van der Waals surface area contributed by atoms with E-state index in [9.17, 15) is 0 Å². The van der Waals surface area contributed by atoms with Crippen LogP contribution in [0.15, 0.2) is 12.4 Å². The molecule has 2 aromatic heterocycles. The van der Waals surface area contributed by atoms with E-state index in [0.29, 0.717) is 18.1 Å². The minimum absolute atomic E-state index is 0.167. The van der Waals surface area contributed by atoms with Crippen molar-refractivity contribution in [2.24, 2.45) is 0 Å². The van der Waals surface area contributed by atoms with Crippen molar-refractivity contribution in [1.29, 1.82) is 0 Å². The standard InChI is InChI=1S/C6H10N8/c7-4-1-10-13(2-4)3-5-11-12-6(8)14(5)9/h1-2H,3,7,9H2,(H2,8,12). The topological polar surface area (TPSA) is 127 Å². The van der Waals surface area contributed by atoms with Gasteiger partial charge in [0, 0.05) is 6.20 Å². The van der Waals surface area contributed by atoms with Crippen LogP contribution in [-0.4, -0.2) is 24.7 Å².